The Balaban J connectivity index is 1.71. The van der Waals surface area contributed by atoms with Gasteiger partial charge in [-0.15, -0.1) is 0 Å². The van der Waals surface area contributed by atoms with Gasteiger partial charge in [0, 0.05) is 24.0 Å². The molecule has 2 aliphatic rings. The number of allylic oxidation sites excluding steroid dienone is 2. The van der Waals surface area contributed by atoms with Crippen LogP contribution >= 0.6 is 0 Å². The Morgan fingerprint density at radius 2 is 1.76 bits per heavy atom. The zero-order valence-electron chi connectivity index (χ0n) is 21.9. The van der Waals surface area contributed by atoms with Gasteiger partial charge < -0.3 is 29.4 Å². The average Bonchev–Trinajstić information content (AvgIpc) is 2.86. The van der Waals surface area contributed by atoms with Crippen molar-refractivity contribution in [3.05, 3.63) is 76.4 Å². The van der Waals surface area contributed by atoms with Crippen molar-refractivity contribution >= 4 is 11.8 Å². The van der Waals surface area contributed by atoms with Crippen LogP contribution in [0.4, 0.5) is 0 Å². The predicted octanol–water partition coefficient (Wildman–Crippen LogP) is 4.77. The highest BCUT2D eigenvalue weighted by atomic mass is 16.5. The first-order valence-electron chi connectivity index (χ1n) is 12.2. The Morgan fingerprint density at radius 3 is 2.41 bits per heavy atom. The molecule has 0 aromatic heterocycles. The number of benzene rings is 2. The molecule has 0 radical (unpaired) electrons. The molecule has 196 valence electrons. The molecule has 1 heterocycles. The van der Waals surface area contributed by atoms with Gasteiger partial charge in [0.2, 0.25) is 5.88 Å². The van der Waals surface area contributed by atoms with E-state index in [0.29, 0.717) is 41.2 Å². The molecule has 37 heavy (non-hydrogen) atoms. The molecule has 0 fully saturated rings. The number of hydrogen-bond donors (Lipinski definition) is 1. The molecule has 0 saturated heterocycles. The number of carbonyl (C=O) groups excluding carboxylic acids is 2. The fourth-order valence-corrected chi connectivity index (χ4v) is 4.82. The van der Waals surface area contributed by atoms with Crippen molar-refractivity contribution in [3.8, 4) is 17.2 Å². The number of nitrogens with two attached hydrogens (primary N) is 1. The minimum atomic E-state index is -0.725. The Hall–Kier alpha value is -3.94. The third-order valence-corrected chi connectivity index (χ3v) is 6.55. The van der Waals surface area contributed by atoms with E-state index in [9.17, 15) is 9.59 Å². The van der Waals surface area contributed by atoms with E-state index in [-0.39, 0.29) is 35.9 Å². The number of ketones is 1. The first kappa shape index (κ1) is 26.1. The van der Waals surface area contributed by atoms with Crippen molar-refractivity contribution in [2.75, 3.05) is 20.8 Å². The molecular weight excluding hydrogens is 474 g/mol. The summed E-state index contributed by atoms with van der Waals surface area (Å²) in [6.45, 7) is 6.16. The van der Waals surface area contributed by atoms with Crippen molar-refractivity contribution in [1.29, 1.82) is 0 Å². The number of methoxy groups -OCH3 is 2. The summed E-state index contributed by atoms with van der Waals surface area (Å²) in [7, 11) is 3.17. The van der Waals surface area contributed by atoms with Crippen molar-refractivity contribution in [2.45, 2.75) is 46.1 Å². The van der Waals surface area contributed by atoms with Crippen LogP contribution in [0, 0.1) is 5.41 Å². The van der Waals surface area contributed by atoms with Gasteiger partial charge in [0.15, 0.2) is 5.78 Å². The van der Waals surface area contributed by atoms with Crippen LogP contribution in [0.25, 0.3) is 0 Å². The van der Waals surface area contributed by atoms with E-state index in [1.165, 1.54) is 0 Å². The number of hydrogen-bond acceptors (Lipinski definition) is 8. The van der Waals surface area contributed by atoms with Crippen molar-refractivity contribution in [2.24, 2.45) is 11.1 Å². The summed E-state index contributed by atoms with van der Waals surface area (Å²) in [5.41, 5.74) is 8.04. The molecule has 1 unspecified atom stereocenters. The third-order valence-electron chi connectivity index (χ3n) is 6.55. The largest absolute Gasteiger partial charge is 0.497 e. The fourth-order valence-electron chi connectivity index (χ4n) is 4.82. The lowest BCUT2D eigenvalue weighted by atomic mass is 9.70. The van der Waals surface area contributed by atoms with Crippen molar-refractivity contribution in [3.63, 3.8) is 0 Å². The van der Waals surface area contributed by atoms with E-state index in [4.69, 9.17) is 29.4 Å². The summed E-state index contributed by atoms with van der Waals surface area (Å²) in [4.78, 5) is 26.4. The number of rotatable bonds is 8. The van der Waals surface area contributed by atoms with Gasteiger partial charge in [-0.3, -0.25) is 4.79 Å². The summed E-state index contributed by atoms with van der Waals surface area (Å²) >= 11 is 0. The lowest BCUT2D eigenvalue weighted by Crippen LogP contribution is -2.35. The maximum Gasteiger partial charge on any atom is 0.340 e. The highest BCUT2D eigenvalue weighted by Crippen LogP contribution is 2.48. The fraction of sp³-hybridized carbons (Fsp3) is 0.379. The number of esters is 1. The normalized spacial score (nSPS) is 18.6. The molecule has 0 bridgehead atoms. The summed E-state index contributed by atoms with van der Waals surface area (Å²) in [6, 6.07) is 12.8. The third kappa shape index (κ3) is 5.43. The van der Waals surface area contributed by atoms with Gasteiger partial charge in [0.25, 0.3) is 0 Å². The van der Waals surface area contributed by atoms with Gasteiger partial charge in [0.1, 0.15) is 35.2 Å². The van der Waals surface area contributed by atoms with E-state index in [1.54, 1.807) is 21.1 Å². The van der Waals surface area contributed by atoms with Crippen LogP contribution in [0.1, 0.15) is 50.7 Å². The molecule has 0 spiro atoms. The molecule has 2 N–H and O–H groups in total. The molecule has 8 heteroatoms. The van der Waals surface area contributed by atoms with E-state index < -0.39 is 11.9 Å². The van der Waals surface area contributed by atoms with Crippen LogP contribution < -0.4 is 19.9 Å². The van der Waals surface area contributed by atoms with E-state index in [1.807, 2.05) is 56.3 Å². The number of ether oxygens (including phenoxy) is 5. The van der Waals surface area contributed by atoms with E-state index in [0.717, 1.165) is 11.3 Å². The Labute approximate surface area is 217 Å². The zero-order chi connectivity index (χ0) is 26.7. The molecule has 2 aromatic carbocycles. The van der Waals surface area contributed by atoms with E-state index >= 15 is 0 Å². The maximum absolute atomic E-state index is 13.4. The van der Waals surface area contributed by atoms with Crippen LogP contribution in [-0.2, 0) is 25.7 Å². The average molecular weight is 508 g/mol. The SMILES string of the molecule is CCOC(=O)C1=C(N)OC2=C(C(=O)CC(C)(C)C2)C1c1ccc(COc2ccc(OC)cc2)c(OC)c1. The summed E-state index contributed by atoms with van der Waals surface area (Å²) in [6.07, 6.45) is 0.874. The highest BCUT2D eigenvalue weighted by Gasteiger charge is 2.45. The van der Waals surface area contributed by atoms with Gasteiger partial charge in [-0.1, -0.05) is 26.0 Å². The zero-order valence-corrected chi connectivity index (χ0v) is 21.9. The number of carbonyl (C=O) groups is 2. The maximum atomic E-state index is 13.4. The minimum Gasteiger partial charge on any atom is -0.497 e. The van der Waals surface area contributed by atoms with Crippen LogP contribution in [0.3, 0.4) is 0 Å². The quantitative estimate of drug-likeness (QED) is 0.509. The van der Waals surface area contributed by atoms with E-state index in [2.05, 4.69) is 0 Å². The number of Topliss-reactive ketones (excluding diaryl/α,β-unsaturated/α-hetero) is 1. The van der Waals surface area contributed by atoms with Gasteiger partial charge in [-0.25, -0.2) is 4.79 Å². The Morgan fingerprint density at radius 1 is 1.05 bits per heavy atom. The van der Waals surface area contributed by atoms with Gasteiger partial charge in [-0.05, 0) is 48.2 Å². The molecule has 8 nitrogen and oxygen atoms in total. The minimum absolute atomic E-state index is 0.0430. The summed E-state index contributed by atoms with van der Waals surface area (Å²) in [5, 5.41) is 0. The predicted molar refractivity (Wildman–Crippen MR) is 137 cm³/mol. The van der Waals surface area contributed by atoms with Gasteiger partial charge in [-0.2, -0.15) is 0 Å². The topological polar surface area (TPSA) is 106 Å². The monoisotopic (exact) mass is 507 g/mol. The molecule has 0 amide bonds. The van der Waals surface area contributed by atoms with Crippen molar-refractivity contribution < 1.29 is 33.3 Å². The lowest BCUT2D eigenvalue weighted by molar-refractivity contribution is -0.139. The highest BCUT2D eigenvalue weighted by molar-refractivity contribution is 6.03. The lowest BCUT2D eigenvalue weighted by Gasteiger charge is -2.38. The first-order valence-corrected chi connectivity index (χ1v) is 12.2. The molecule has 1 atom stereocenters. The second kappa shape index (κ2) is 10.6. The standard InChI is InChI=1S/C29H33NO7/c1-6-35-28(32)26-24(25-21(31)14-29(2,3)15-23(25)37-27(26)30)17-7-8-18(22(13-17)34-5)16-36-20-11-9-19(33-4)10-12-20/h7-13,24H,6,14-16,30H2,1-5H3. The molecule has 1 aliphatic heterocycles. The van der Waals surface area contributed by atoms with Crippen LogP contribution in [0.15, 0.2) is 65.3 Å². The second-order valence-electron chi connectivity index (χ2n) is 9.85. The van der Waals surface area contributed by atoms with Crippen LogP contribution in [0.2, 0.25) is 0 Å². The molecule has 2 aromatic rings. The van der Waals surface area contributed by atoms with Gasteiger partial charge in [0.05, 0.1) is 26.7 Å². The van der Waals surface area contributed by atoms with Crippen molar-refractivity contribution in [1.82, 2.24) is 0 Å². The Kier molecular flexibility index (Phi) is 7.47. The van der Waals surface area contributed by atoms with Gasteiger partial charge >= 0.3 is 5.97 Å². The summed E-state index contributed by atoms with van der Waals surface area (Å²) < 4.78 is 28.0. The molecule has 1 aliphatic carbocycles. The summed E-state index contributed by atoms with van der Waals surface area (Å²) in [5.74, 6) is 1.03. The second-order valence-corrected chi connectivity index (χ2v) is 9.85. The van der Waals surface area contributed by atoms with Crippen LogP contribution in [-0.4, -0.2) is 32.6 Å². The molecular formula is C29H33NO7. The first-order chi connectivity index (χ1) is 17.7. The smallest absolute Gasteiger partial charge is 0.340 e. The molecule has 0 saturated carbocycles. The van der Waals surface area contributed by atoms with Crippen LogP contribution in [0.5, 0.6) is 17.2 Å². The Bertz CT molecular complexity index is 1260. The molecule has 4 rings (SSSR count).